The Hall–Kier alpha value is -2.26. The Kier molecular flexibility index (Phi) is 8.29. The van der Waals surface area contributed by atoms with Crippen LogP contribution in [0.2, 0.25) is 0 Å². The van der Waals surface area contributed by atoms with Crippen molar-refractivity contribution in [2.75, 3.05) is 0 Å². The molecule has 4 aromatic carbocycles. The highest BCUT2D eigenvalue weighted by molar-refractivity contribution is 7.74. The van der Waals surface area contributed by atoms with Crippen LogP contribution in [0, 0.1) is 33.6 Å². The summed E-state index contributed by atoms with van der Waals surface area (Å²) in [5.74, 6) is 0.722. The molecule has 1 aliphatic rings. The molecule has 0 heterocycles. The first-order valence-electron chi connectivity index (χ1n) is 13.8. The Morgan fingerprint density at radius 2 is 1.00 bits per heavy atom. The van der Waals surface area contributed by atoms with Crippen LogP contribution >= 0.6 is 15.8 Å². The molecule has 0 bridgehead atoms. The Morgan fingerprint density at radius 1 is 0.568 bits per heavy atom. The summed E-state index contributed by atoms with van der Waals surface area (Å²) < 4.78 is 0. The summed E-state index contributed by atoms with van der Waals surface area (Å²) in [7, 11) is -0.868. The van der Waals surface area contributed by atoms with E-state index in [0.717, 1.165) is 11.6 Å². The lowest BCUT2D eigenvalue weighted by atomic mass is 10.0. The summed E-state index contributed by atoms with van der Waals surface area (Å²) in [6.07, 6.45) is 4.03. The fourth-order valence-corrected chi connectivity index (χ4v) is 13.3. The van der Waals surface area contributed by atoms with Gasteiger partial charge >= 0.3 is 0 Å². The van der Waals surface area contributed by atoms with Crippen molar-refractivity contribution in [2.45, 2.75) is 65.2 Å². The van der Waals surface area contributed by atoms with E-state index in [0.29, 0.717) is 5.66 Å². The average molecular weight is 523 g/mol. The summed E-state index contributed by atoms with van der Waals surface area (Å²) in [6, 6.07) is 37.4. The second-order valence-electron chi connectivity index (χ2n) is 11.0. The monoisotopic (exact) mass is 522 g/mol. The largest absolute Gasteiger partial charge is 0.0622 e. The molecule has 0 nitrogen and oxygen atoms in total. The van der Waals surface area contributed by atoms with Gasteiger partial charge in [0.2, 0.25) is 0 Å². The van der Waals surface area contributed by atoms with Crippen molar-refractivity contribution in [1.82, 2.24) is 0 Å². The van der Waals surface area contributed by atoms with E-state index in [1.165, 1.54) is 52.1 Å². The van der Waals surface area contributed by atoms with E-state index >= 15 is 0 Å². The maximum Gasteiger partial charge on any atom is -0.00943 e. The Labute approximate surface area is 227 Å². The van der Waals surface area contributed by atoms with Gasteiger partial charge < -0.3 is 0 Å². The predicted octanol–water partition coefficient (Wildman–Crippen LogP) is 8.04. The van der Waals surface area contributed by atoms with Gasteiger partial charge in [-0.2, -0.15) is 0 Å². The van der Waals surface area contributed by atoms with Crippen molar-refractivity contribution in [3.63, 3.8) is 0 Å². The van der Waals surface area contributed by atoms with Gasteiger partial charge in [0, 0.05) is 0 Å². The molecule has 5 rings (SSSR count). The topological polar surface area (TPSA) is 0 Å². The van der Waals surface area contributed by atoms with Gasteiger partial charge in [-0.15, -0.1) is 0 Å². The Morgan fingerprint density at radius 3 is 1.43 bits per heavy atom. The van der Waals surface area contributed by atoms with Crippen LogP contribution < -0.4 is 21.2 Å². The first kappa shape index (κ1) is 26.4. The number of benzene rings is 4. The van der Waals surface area contributed by atoms with Crippen molar-refractivity contribution >= 4 is 37.1 Å². The third-order valence-corrected chi connectivity index (χ3v) is 13.8. The van der Waals surface area contributed by atoms with E-state index in [-0.39, 0.29) is 0 Å². The van der Waals surface area contributed by atoms with Gasteiger partial charge in [-0.05, 0) is 94.8 Å². The van der Waals surface area contributed by atoms with E-state index in [1.807, 2.05) is 0 Å². The molecule has 0 spiro atoms. The molecule has 1 aliphatic carbocycles. The van der Waals surface area contributed by atoms with E-state index < -0.39 is 15.8 Å². The third-order valence-electron chi connectivity index (χ3n) is 7.93. The zero-order chi connectivity index (χ0) is 25.9. The highest BCUT2D eigenvalue weighted by atomic mass is 31.1. The fourth-order valence-electron chi connectivity index (χ4n) is 6.55. The van der Waals surface area contributed by atoms with Crippen LogP contribution in [0.15, 0.2) is 97.1 Å². The number of hydrogen-bond acceptors (Lipinski definition) is 0. The molecule has 3 atom stereocenters. The molecule has 2 heteroatoms. The lowest BCUT2D eigenvalue weighted by Gasteiger charge is -2.37. The fraction of sp³-hybridized carbons (Fsp3) is 0.314. The van der Waals surface area contributed by atoms with Gasteiger partial charge in [0.25, 0.3) is 0 Å². The molecule has 0 saturated heterocycles. The lowest BCUT2D eigenvalue weighted by molar-refractivity contribution is 0.548. The van der Waals surface area contributed by atoms with Crippen molar-refractivity contribution in [1.29, 1.82) is 0 Å². The minimum absolute atomic E-state index is 0.401. The van der Waals surface area contributed by atoms with Gasteiger partial charge in [0.05, 0.1) is 0 Å². The van der Waals surface area contributed by atoms with Crippen LogP contribution in [-0.4, -0.2) is 11.3 Å². The normalized spacial score (nSPS) is 18.5. The van der Waals surface area contributed by atoms with Crippen LogP contribution in [0.4, 0.5) is 0 Å². The summed E-state index contributed by atoms with van der Waals surface area (Å²) in [5.41, 5.74) is 6.89. The minimum Gasteiger partial charge on any atom is -0.0622 e. The molecule has 1 saturated carbocycles. The molecule has 0 aromatic heterocycles. The lowest BCUT2D eigenvalue weighted by Crippen LogP contribution is -2.33. The second-order valence-corrected chi connectivity index (χ2v) is 16.0. The maximum absolute atomic E-state index is 2.59. The molecule has 190 valence electrons. The highest BCUT2D eigenvalue weighted by Gasteiger charge is 2.41. The molecular formula is C35H40P2. The SMILES string of the molecule is Cc1cc(C)cc(P(c2cc(C)cc(C)c2)[C@H](C)[C@@H]2CCCC2P(c2ccccc2)c2ccccc2)c1. The second kappa shape index (κ2) is 11.6. The Balaban J connectivity index is 1.60. The van der Waals surface area contributed by atoms with Crippen molar-refractivity contribution < 1.29 is 0 Å². The summed E-state index contributed by atoms with van der Waals surface area (Å²) >= 11 is 0. The van der Waals surface area contributed by atoms with Gasteiger partial charge in [-0.3, -0.25) is 0 Å². The van der Waals surface area contributed by atoms with E-state index in [2.05, 4.69) is 132 Å². The minimum atomic E-state index is -0.467. The number of aryl methyl sites for hydroxylation is 4. The van der Waals surface area contributed by atoms with Crippen molar-refractivity contribution in [3.05, 3.63) is 119 Å². The summed E-state index contributed by atoms with van der Waals surface area (Å²) in [6.45, 7) is 11.6. The number of hydrogen-bond donors (Lipinski definition) is 0. The van der Waals surface area contributed by atoms with Crippen LogP contribution in [-0.2, 0) is 0 Å². The zero-order valence-corrected chi connectivity index (χ0v) is 24.8. The van der Waals surface area contributed by atoms with Crippen molar-refractivity contribution in [3.8, 4) is 0 Å². The van der Waals surface area contributed by atoms with Crippen LogP contribution in [0.3, 0.4) is 0 Å². The molecule has 4 aromatic rings. The molecular weight excluding hydrogens is 482 g/mol. The predicted molar refractivity (Wildman–Crippen MR) is 168 cm³/mol. The highest BCUT2D eigenvalue weighted by Crippen LogP contribution is 2.56. The van der Waals surface area contributed by atoms with Crippen LogP contribution in [0.5, 0.6) is 0 Å². The standard InChI is InChI=1S/C35H40P2/c1-25-19-26(2)22-32(21-25)36(33-23-27(3)20-28(4)24-33)29(5)34-17-12-18-35(34)37(30-13-8-6-9-14-30)31-15-10-7-11-16-31/h6-11,13-16,19-24,29,34-35H,12,17-18H2,1-5H3/t29-,34+,35?/m1/s1. The smallest absolute Gasteiger partial charge is 0.00943 e. The van der Waals surface area contributed by atoms with Gasteiger partial charge in [-0.1, -0.05) is 133 Å². The van der Waals surface area contributed by atoms with Crippen molar-refractivity contribution in [2.24, 2.45) is 5.92 Å². The molecule has 0 radical (unpaired) electrons. The van der Waals surface area contributed by atoms with Crippen LogP contribution in [0.1, 0.15) is 48.4 Å². The molecule has 0 aliphatic heterocycles. The molecule has 1 fully saturated rings. The first-order chi connectivity index (χ1) is 17.9. The maximum atomic E-state index is 2.59. The third kappa shape index (κ3) is 5.93. The average Bonchev–Trinajstić information content (AvgIpc) is 3.34. The van der Waals surface area contributed by atoms with Crippen LogP contribution in [0.25, 0.3) is 0 Å². The van der Waals surface area contributed by atoms with Gasteiger partial charge in [0.15, 0.2) is 0 Å². The first-order valence-corrected chi connectivity index (χ1v) is 16.6. The molecule has 0 amide bonds. The number of rotatable bonds is 7. The van der Waals surface area contributed by atoms with E-state index in [4.69, 9.17) is 0 Å². The summed E-state index contributed by atoms with van der Waals surface area (Å²) in [5, 5.41) is 6.18. The summed E-state index contributed by atoms with van der Waals surface area (Å²) in [4.78, 5) is 0. The van der Waals surface area contributed by atoms with E-state index in [1.54, 1.807) is 10.6 Å². The molecule has 0 N–H and O–H groups in total. The van der Waals surface area contributed by atoms with Gasteiger partial charge in [0.1, 0.15) is 0 Å². The molecule has 1 unspecified atom stereocenters. The molecule has 37 heavy (non-hydrogen) atoms. The quantitative estimate of drug-likeness (QED) is 0.216. The van der Waals surface area contributed by atoms with E-state index in [9.17, 15) is 0 Å². The Bertz CT molecular complexity index is 1200. The van der Waals surface area contributed by atoms with Gasteiger partial charge in [-0.25, -0.2) is 0 Å². The zero-order valence-electron chi connectivity index (χ0n) is 23.0.